The molecule has 2 aromatic rings. The summed E-state index contributed by atoms with van der Waals surface area (Å²) in [6, 6.07) is 3.38. The Balaban J connectivity index is 2.27. The number of fused-ring (bicyclic) bond motifs is 1. The van der Waals surface area contributed by atoms with E-state index in [1.807, 2.05) is 0 Å². The second kappa shape index (κ2) is 3.30. The van der Waals surface area contributed by atoms with Gasteiger partial charge >= 0.3 is 5.69 Å². The van der Waals surface area contributed by atoms with Gasteiger partial charge in [0, 0.05) is 12.7 Å². The van der Waals surface area contributed by atoms with Crippen molar-refractivity contribution in [3.8, 4) is 0 Å². The number of hydrogen-bond acceptors (Lipinski definition) is 3. The van der Waals surface area contributed by atoms with Gasteiger partial charge in [0.25, 0.3) is 5.56 Å². The minimum atomic E-state index is -0.358. The van der Waals surface area contributed by atoms with Gasteiger partial charge < -0.3 is 0 Å². The van der Waals surface area contributed by atoms with E-state index in [4.69, 9.17) is 0 Å². The van der Waals surface area contributed by atoms with Crippen molar-refractivity contribution >= 4 is 11.0 Å². The van der Waals surface area contributed by atoms with Gasteiger partial charge in [-0.25, -0.2) is 9.78 Å². The van der Waals surface area contributed by atoms with E-state index in [0.717, 1.165) is 12.8 Å². The molecule has 5 heteroatoms. The van der Waals surface area contributed by atoms with Gasteiger partial charge in [-0.1, -0.05) is 0 Å². The van der Waals surface area contributed by atoms with E-state index in [2.05, 4.69) is 9.97 Å². The van der Waals surface area contributed by atoms with Crippen LogP contribution in [0.5, 0.6) is 0 Å². The molecule has 1 aliphatic carbocycles. The standard InChI is InChI=1S/C11H11N3O2/c15-10-8-2-1-5-12-9(8)13-11(16)14(10)6-7-3-4-7/h1-2,5,7H,3-4,6H2,(H,12,13,16). The highest BCUT2D eigenvalue weighted by molar-refractivity contribution is 5.72. The van der Waals surface area contributed by atoms with Crippen LogP contribution in [0.2, 0.25) is 0 Å². The Morgan fingerprint density at radius 1 is 1.44 bits per heavy atom. The smallest absolute Gasteiger partial charge is 0.291 e. The Labute approximate surface area is 90.8 Å². The molecule has 0 aromatic carbocycles. The number of rotatable bonds is 2. The molecular formula is C11H11N3O2. The second-order valence-corrected chi connectivity index (χ2v) is 4.19. The summed E-state index contributed by atoms with van der Waals surface area (Å²) in [6.45, 7) is 0.527. The zero-order valence-electron chi connectivity index (χ0n) is 8.64. The van der Waals surface area contributed by atoms with Crippen molar-refractivity contribution in [1.82, 2.24) is 14.5 Å². The van der Waals surface area contributed by atoms with Crippen LogP contribution in [0.3, 0.4) is 0 Å². The first-order chi connectivity index (χ1) is 7.75. The lowest BCUT2D eigenvalue weighted by Gasteiger charge is -2.04. The van der Waals surface area contributed by atoms with Crippen molar-refractivity contribution in [3.05, 3.63) is 39.2 Å². The van der Waals surface area contributed by atoms with Crippen LogP contribution in [0.4, 0.5) is 0 Å². The minimum Gasteiger partial charge on any atom is -0.291 e. The summed E-state index contributed by atoms with van der Waals surface area (Å²) in [7, 11) is 0. The average Bonchev–Trinajstić information content (AvgIpc) is 3.08. The average molecular weight is 217 g/mol. The van der Waals surface area contributed by atoms with E-state index < -0.39 is 0 Å². The maximum Gasteiger partial charge on any atom is 0.330 e. The van der Waals surface area contributed by atoms with Gasteiger partial charge in [-0.15, -0.1) is 0 Å². The van der Waals surface area contributed by atoms with Crippen molar-refractivity contribution in [2.45, 2.75) is 19.4 Å². The second-order valence-electron chi connectivity index (χ2n) is 4.19. The van der Waals surface area contributed by atoms with E-state index in [-0.39, 0.29) is 11.2 Å². The van der Waals surface area contributed by atoms with Crippen molar-refractivity contribution < 1.29 is 0 Å². The molecule has 1 saturated carbocycles. The van der Waals surface area contributed by atoms with Crippen LogP contribution < -0.4 is 11.2 Å². The lowest BCUT2D eigenvalue weighted by molar-refractivity contribution is 0.581. The van der Waals surface area contributed by atoms with Gasteiger partial charge in [-0.3, -0.25) is 14.3 Å². The Hall–Kier alpha value is -1.91. The molecule has 0 saturated heterocycles. The van der Waals surface area contributed by atoms with Crippen LogP contribution in [0.15, 0.2) is 27.9 Å². The molecule has 82 valence electrons. The zero-order chi connectivity index (χ0) is 11.1. The summed E-state index contributed by atoms with van der Waals surface area (Å²) in [5.41, 5.74) is -0.230. The van der Waals surface area contributed by atoms with Gasteiger partial charge in [0.15, 0.2) is 0 Å². The van der Waals surface area contributed by atoms with Crippen LogP contribution in [0.1, 0.15) is 12.8 Å². The van der Waals surface area contributed by atoms with Crippen LogP contribution in [0.25, 0.3) is 11.0 Å². The lowest BCUT2D eigenvalue weighted by atomic mass is 10.3. The minimum absolute atomic E-state index is 0.237. The SMILES string of the molecule is O=c1[nH]c2ncccc2c(=O)n1CC1CC1. The molecule has 5 nitrogen and oxygen atoms in total. The van der Waals surface area contributed by atoms with Crippen molar-refractivity contribution in [1.29, 1.82) is 0 Å². The third-order valence-electron chi connectivity index (χ3n) is 2.89. The molecule has 0 spiro atoms. The molecule has 0 atom stereocenters. The third-order valence-corrected chi connectivity index (χ3v) is 2.89. The number of pyridine rings is 1. The van der Waals surface area contributed by atoms with Crippen LogP contribution >= 0.6 is 0 Å². The number of H-pyrrole nitrogens is 1. The van der Waals surface area contributed by atoms with Gasteiger partial charge in [0.05, 0.1) is 5.39 Å². The molecule has 0 unspecified atom stereocenters. The Morgan fingerprint density at radius 2 is 2.25 bits per heavy atom. The molecule has 1 aliphatic rings. The molecule has 0 amide bonds. The molecule has 0 aliphatic heterocycles. The van der Waals surface area contributed by atoms with E-state index >= 15 is 0 Å². The highest BCUT2D eigenvalue weighted by Gasteiger charge is 2.23. The number of nitrogens with zero attached hydrogens (tertiary/aromatic N) is 2. The molecule has 1 N–H and O–H groups in total. The van der Waals surface area contributed by atoms with Gasteiger partial charge in [-0.2, -0.15) is 0 Å². The fourth-order valence-electron chi connectivity index (χ4n) is 1.81. The number of nitrogens with one attached hydrogen (secondary N) is 1. The predicted octanol–water partition coefficient (Wildman–Crippen LogP) is 0.495. The molecule has 3 rings (SSSR count). The van der Waals surface area contributed by atoms with Gasteiger partial charge in [-0.05, 0) is 30.9 Å². The number of hydrogen-bond donors (Lipinski definition) is 1. The number of aromatic amines is 1. The summed E-state index contributed by atoms with van der Waals surface area (Å²) in [6.07, 6.45) is 3.77. The first-order valence-electron chi connectivity index (χ1n) is 5.33. The number of aromatic nitrogens is 3. The highest BCUT2D eigenvalue weighted by Crippen LogP contribution is 2.29. The van der Waals surface area contributed by atoms with E-state index in [1.165, 1.54) is 4.57 Å². The maximum atomic E-state index is 12.0. The molecule has 0 bridgehead atoms. The largest absolute Gasteiger partial charge is 0.330 e. The van der Waals surface area contributed by atoms with Gasteiger partial charge in [0.2, 0.25) is 0 Å². The fraction of sp³-hybridized carbons (Fsp3) is 0.364. The van der Waals surface area contributed by atoms with E-state index in [1.54, 1.807) is 18.3 Å². The summed E-state index contributed by atoms with van der Waals surface area (Å²) in [5, 5.41) is 0.475. The first-order valence-corrected chi connectivity index (χ1v) is 5.33. The maximum absolute atomic E-state index is 12.0. The Bertz CT molecular complexity index is 652. The van der Waals surface area contributed by atoms with Crippen LogP contribution in [-0.2, 0) is 6.54 Å². The molecule has 1 fully saturated rings. The molecular weight excluding hydrogens is 206 g/mol. The van der Waals surface area contributed by atoms with E-state index in [9.17, 15) is 9.59 Å². The highest BCUT2D eigenvalue weighted by atomic mass is 16.2. The predicted molar refractivity (Wildman–Crippen MR) is 59.3 cm³/mol. The quantitative estimate of drug-likeness (QED) is 0.796. The molecule has 2 heterocycles. The van der Waals surface area contributed by atoms with Crippen molar-refractivity contribution in [2.75, 3.05) is 0 Å². The van der Waals surface area contributed by atoms with E-state index in [0.29, 0.717) is 23.5 Å². The van der Waals surface area contributed by atoms with Crippen LogP contribution in [0, 0.1) is 5.92 Å². The van der Waals surface area contributed by atoms with Gasteiger partial charge in [0.1, 0.15) is 5.65 Å². The summed E-state index contributed by atoms with van der Waals surface area (Å²) >= 11 is 0. The lowest BCUT2D eigenvalue weighted by Crippen LogP contribution is -2.35. The summed E-state index contributed by atoms with van der Waals surface area (Å²) in [5.74, 6) is 0.493. The first kappa shape index (κ1) is 9.33. The van der Waals surface area contributed by atoms with Crippen LogP contribution in [-0.4, -0.2) is 14.5 Å². The molecule has 0 radical (unpaired) electrons. The summed E-state index contributed by atoms with van der Waals surface area (Å²) in [4.78, 5) is 30.3. The fourth-order valence-corrected chi connectivity index (χ4v) is 1.81. The molecule has 2 aromatic heterocycles. The van der Waals surface area contributed by atoms with Crippen molar-refractivity contribution in [2.24, 2.45) is 5.92 Å². The monoisotopic (exact) mass is 217 g/mol. The zero-order valence-corrected chi connectivity index (χ0v) is 8.64. The van der Waals surface area contributed by atoms with Crippen molar-refractivity contribution in [3.63, 3.8) is 0 Å². The third kappa shape index (κ3) is 1.44. The topological polar surface area (TPSA) is 67.8 Å². The Morgan fingerprint density at radius 3 is 3.00 bits per heavy atom. The summed E-state index contributed by atoms with van der Waals surface area (Å²) < 4.78 is 1.28. The normalized spacial score (nSPS) is 15.5. The Kier molecular flexibility index (Phi) is 1.92. The molecule has 16 heavy (non-hydrogen) atoms.